The number of benzene rings is 1. The Morgan fingerprint density at radius 2 is 2.16 bits per heavy atom. The van der Waals surface area contributed by atoms with Gasteiger partial charge in [0.15, 0.2) is 0 Å². The normalized spacial score (nSPS) is 17.9. The quantitative estimate of drug-likeness (QED) is 0.754. The molecular weight excluding hydrogens is 248 g/mol. The van der Waals surface area contributed by atoms with E-state index in [1.165, 1.54) is 12.1 Å². The second kappa shape index (κ2) is 5.09. The van der Waals surface area contributed by atoms with Crippen molar-refractivity contribution in [1.29, 1.82) is 0 Å². The van der Waals surface area contributed by atoms with Gasteiger partial charge in [-0.1, -0.05) is 0 Å². The molecule has 1 fully saturated rings. The molecule has 100 valence electrons. The second-order valence-corrected chi connectivity index (χ2v) is 4.48. The maximum absolute atomic E-state index is 11.8. The fraction of sp³-hybridized carbons (Fsp3) is 0.308. The first-order valence-electron chi connectivity index (χ1n) is 5.91. The number of carbonyl (C=O) groups is 3. The highest BCUT2D eigenvalue weighted by molar-refractivity contribution is 5.99. The SMILES string of the molecule is Cc1cc(NC(=O)[C@H]2CCC(=O)N2)ccc1C(=O)O. The molecule has 0 aliphatic carbocycles. The number of anilines is 1. The zero-order chi connectivity index (χ0) is 14.0. The van der Waals surface area contributed by atoms with Crippen LogP contribution in [0.15, 0.2) is 18.2 Å². The molecule has 1 aliphatic heterocycles. The average molecular weight is 262 g/mol. The number of hydrogen-bond donors (Lipinski definition) is 3. The van der Waals surface area contributed by atoms with Crippen LogP contribution in [0.2, 0.25) is 0 Å². The van der Waals surface area contributed by atoms with Crippen LogP contribution >= 0.6 is 0 Å². The molecule has 2 rings (SSSR count). The molecule has 0 radical (unpaired) electrons. The number of aromatic carboxylic acids is 1. The van der Waals surface area contributed by atoms with Gasteiger partial charge in [-0.05, 0) is 37.1 Å². The molecule has 0 saturated carbocycles. The van der Waals surface area contributed by atoms with Crippen molar-refractivity contribution in [1.82, 2.24) is 5.32 Å². The summed E-state index contributed by atoms with van der Waals surface area (Å²) in [6, 6.07) is 4.07. The van der Waals surface area contributed by atoms with Gasteiger partial charge in [0, 0.05) is 12.1 Å². The highest BCUT2D eigenvalue weighted by atomic mass is 16.4. The fourth-order valence-corrected chi connectivity index (χ4v) is 2.02. The molecule has 1 aromatic rings. The van der Waals surface area contributed by atoms with Crippen molar-refractivity contribution in [3.63, 3.8) is 0 Å². The Bertz CT molecular complexity index is 554. The number of amides is 2. The van der Waals surface area contributed by atoms with Crippen LogP contribution in [0, 0.1) is 6.92 Å². The molecule has 1 saturated heterocycles. The lowest BCUT2D eigenvalue weighted by Gasteiger charge is -2.12. The minimum Gasteiger partial charge on any atom is -0.478 e. The molecule has 6 nitrogen and oxygen atoms in total. The van der Waals surface area contributed by atoms with Crippen molar-refractivity contribution in [3.05, 3.63) is 29.3 Å². The molecule has 0 spiro atoms. The summed E-state index contributed by atoms with van der Waals surface area (Å²) in [5.74, 6) is -1.41. The summed E-state index contributed by atoms with van der Waals surface area (Å²) in [7, 11) is 0. The first kappa shape index (κ1) is 13.1. The van der Waals surface area contributed by atoms with Gasteiger partial charge in [-0.25, -0.2) is 4.79 Å². The zero-order valence-electron chi connectivity index (χ0n) is 10.4. The van der Waals surface area contributed by atoms with Crippen molar-refractivity contribution in [2.45, 2.75) is 25.8 Å². The van der Waals surface area contributed by atoms with Crippen LogP contribution in [0.3, 0.4) is 0 Å². The molecule has 1 aliphatic rings. The third-order valence-corrected chi connectivity index (χ3v) is 3.04. The Labute approximate surface area is 109 Å². The Balaban J connectivity index is 2.07. The topological polar surface area (TPSA) is 95.5 Å². The predicted octanol–water partition coefficient (Wildman–Crippen LogP) is 0.910. The summed E-state index contributed by atoms with van der Waals surface area (Å²) in [6.45, 7) is 1.66. The van der Waals surface area contributed by atoms with Gasteiger partial charge < -0.3 is 15.7 Å². The Hall–Kier alpha value is -2.37. The second-order valence-electron chi connectivity index (χ2n) is 4.48. The molecular formula is C13H14N2O4. The van der Waals surface area contributed by atoms with Gasteiger partial charge in [0.05, 0.1) is 5.56 Å². The monoisotopic (exact) mass is 262 g/mol. The highest BCUT2D eigenvalue weighted by Crippen LogP contribution is 2.16. The Morgan fingerprint density at radius 1 is 1.42 bits per heavy atom. The number of carboxylic acid groups (broad SMARTS) is 1. The van der Waals surface area contributed by atoms with Crippen LogP contribution < -0.4 is 10.6 Å². The van der Waals surface area contributed by atoms with Gasteiger partial charge in [0.1, 0.15) is 6.04 Å². The molecule has 3 N–H and O–H groups in total. The van der Waals surface area contributed by atoms with E-state index >= 15 is 0 Å². The third-order valence-electron chi connectivity index (χ3n) is 3.04. The molecule has 0 unspecified atom stereocenters. The number of carboxylic acids is 1. The first-order valence-corrected chi connectivity index (χ1v) is 5.91. The molecule has 6 heteroatoms. The number of hydrogen-bond acceptors (Lipinski definition) is 3. The summed E-state index contributed by atoms with van der Waals surface area (Å²) in [6.07, 6.45) is 0.839. The van der Waals surface area contributed by atoms with E-state index in [1.54, 1.807) is 13.0 Å². The number of nitrogens with one attached hydrogen (secondary N) is 2. The standard InChI is InChI=1S/C13H14N2O4/c1-7-6-8(2-3-9(7)13(18)19)14-12(17)10-4-5-11(16)15-10/h2-3,6,10H,4-5H2,1H3,(H,14,17)(H,15,16)(H,18,19)/t10-/m1/s1. The van der Waals surface area contributed by atoms with E-state index in [4.69, 9.17) is 5.11 Å². The van der Waals surface area contributed by atoms with Crippen LogP contribution in [0.25, 0.3) is 0 Å². The van der Waals surface area contributed by atoms with E-state index in [0.29, 0.717) is 24.1 Å². The van der Waals surface area contributed by atoms with Crippen molar-refractivity contribution in [3.8, 4) is 0 Å². The maximum atomic E-state index is 11.8. The summed E-state index contributed by atoms with van der Waals surface area (Å²) in [4.78, 5) is 33.7. The van der Waals surface area contributed by atoms with E-state index in [1.807, 2.05) is 0 Å². The number of rotatable bonds is 3. The van der Waals surface area contributed by atoms with E-state index in [9.17, 15) is 14.4 Å². The van der Waals surface area contributed by atoms with Gasteiger partial charge >= 0.3 is 5.97 Å². The maximum Gasteiger partial charge on any atom is 0.335 e. The van der Waals surface area contributed by atoms with E-state index in [0.717, 1.165) is 0 Å². The average Bonchev–Trinajstić information content (AvgIpc) is 2.75. The minimum atomic E-state index is -1.00. The van der Waals surface area contributed by atoms with Crippen LogP contribution in [-0.2, 0) is 9.59 Å². The first-order chi connectivity index (χ1) is 8.97. The lowest BCUT2D eigenvalue weighted by atomic mass is 10.1. The molecule has 1 atom stereocenters. The summed E-state index contributed by atoms with van der Waals surface area (Å²) < 4.78 is 0. The third kappa shape index (κ3) is 2.90. The molecule has 1 heterocycles. The van der Waals surface area contributed by atoms with E-state index < -0.39 is 12.0 Å². The summed E-state index contributed by atoms with van der Waals surface area (Å²) >= 11 is 0. The van der Waals surface area contributed by atoms with Gasteiger partial charge in [0.25, 0.3) is 0 Å². The minimum absolute atomic E-state index is 0.127. The Morgan fingerprint density at radius 3 is 2.68 bits per heavy atom. The smallest absolute Gasteiger partial charge is 0.335 e. The molecule has 1 aromatic carbocycles. The predicted molar refractivity (Wildman–Crippen MR) is 67.9 cm³/mol. The van der Waals surface area contributed by atoms with Crippen LogP contribution in [0.5, 0.6) is 0 Å². The van der Waals surface area contributed by atoms with Crippen molar-refractivity contribution < 1.29 is 19.5 Å². The summed E-state index contributed by atoms with van der Waals surface area (Å²) in [5.41, 5.74) is 1.29. The number of aryl methyl sites for hydroxylation is 1. The molecule has 2 amide bonds. The zero-order valence-corrected chi connectivity index (χ0v) is 10.4. The van der Waals surface area contributed by atoms with Crippen molar-refractivity contribution >= 4 is 23.5 Å². The van der Waals surface area contributed by atoms with Gasteiger partial charge in [-0.3, -0.25) is 9.59 Å². The lowest BCUT2D eigenvalue weighted by molar-refractivity contribution is -0.122. The van der Waals surface area contributed by atoms with Gasteiger partial charge in [-0.15, -0.1) is 0 Å². The van der Waals surface area contributed by atoms with Gasteiger partial charge in [0.2, 0.25) is 11.8 Å². The van der Waals surface area contributed by atoms with E-state index in [-0.39, 0.29) is 17.4 Å². The van der Waals surface area contributed by atoms with Crippen LogP contribution in [0.1, 0.15) is 28.8 Å². The largest absolute Gasteiger partial charge is 0.478 e. The summed E-state index contributed by atoms with van der Waals surface area (Å²) in [5, 5.41) is 14.1. The van der Waals surface area contributed by atoms with Crippen molar-refractivity contribution in [2.24, 2.45) is 0 Å². The lowest BCUT2D eigenvalue weighted by Crippen LogP contribution is -2.37. The number of carbonyl (C=O) groups excluding carboxylic acids is 2. The molecule has 19 heavy (non-hydrogen) atoms. The molecule has 0 aromatic heterocycles. The van der Waals surface area contributed by atoms with Crippen LogP contribution in [0.4, 0.5) is 5.69 Å². The molecule has 0 bridgehead atoms. The van der Waals surface area contributed by atoms with Crippen molar-refractivity contribution in [2.75, 3.05) is 5.32 Å². The Kier molecular flexibility index (Phi) is 3.50. The van der Waals surface area contributed by atoms with Gasteiger partial charge in [-0.2, -0.15) is 0 Å². The van der Waals surface area contributed by atoms with Crippen LogP contribution in [-0.4, -0.2) is 28.9 Å². The van der Waals surface area contributed by atoms with E-state index in [2.05, 4.69) is 10.6 Å². The highest BCUT2D eigenvalue weighted by Gasteiger charge is 2.27. The fourth-order valence-electron chi connectivity index (χ4n) is 2.02.